The lowest BCUT2D eigenvalue weighted by atomic mass is 9.85. The molecule has 2 aromatic rings. The summed E-state index contributed by atoms with van der Waals surface area (Å²) in [6.45, 7) is 9.35. The Morgan fingerprint density at radius 3 is 2.20 bits per heavy atom. The molecule has 0 radical (unpaired) electrons. The molecule has 1 saturated heterocycles. The molecular weight excluding hydrogens is 380 g/mol. The predicted octanol–water partition coefficient (Wildman–Crippen LogP) is 3.34. The van der Waals surface area contributed by atoms with Crippen molar-refractivity contribution in [1.29, 1.82) is 0 Å². The van der Waals surface area contributed by atoms with Gasteiger partial charge in [0.2, 0.25) is 5.91 Å². The molecule has 0 atom stereocenters. The van der Waals surface area contributed by atoms with Gasteiger partial charge in [-0.2, -0.15) is 0 Å². The molecule has 1 N–H and O–H groups in total. The number of para-hydroxylation sites is 1. The van der Waals surface area contributed by atoms with Crippen molar-refractivity contribution >= 4 is 17.6 Å². The largest absolute Gasteiger partial charge is 0.482 e. The number of carbonyl (C=O) groups excluding carboxylic acids is 1. The number of carboxylic acid groups (broad SMARTS) is 1. The molecule has 6 heteroatoms. The van der Waals surface area contributed by atoms with Crippen molar-refractivity contribution < 1.29 is 19.4 Å². The SMILES string of the molecule is CC(C)(C)c1ccccc1N1CCN(C(=O)Cc2ccc(OCC(=O)O)cc2)CC1. The second kappa shape index (κ2) is 9.20. The van der Waals surface area contributed by atoms with Gasteiger partial charge in [0.1, 0.15) is 5.75 Å². The van der Waals surface area contributed by atoms with E-state index >= 15 is 0 Å². The van der Waals surface area contributed by atoms with Gasteiger partial charge in [-0.05, 0) is 34.7 Å². The van der Waals surface area contributed by atoms with E-state index in [9.17, 15) is 9.59 Å². The molecule has 160 valence electrons. The van der Waals surface area contributed by atoms with Gasteiger partial charge in [0, 0.05) is 31.9 Å². The van der Waals surface area contributed by atoms with Gasteiger partial charge < -0.3 is 19.6 Å². The van der Waals surface area contributed by atoms with Gasteiger partial charge >= 0.3 is 5.97 Å². The molecule has 0 spiro atoms. The van der Waals surface area contributed by atoms with E-state index in [0.717, 1.165) is 18.7 Å². The Morgan fingerprint density at radius 1 is 0.967 bits per heavy atom. The first-order valence-electron chi connectivity index (χ1n) is 10.3. The number of ether oxygens (including phenoxy) is 1. The number of rotatable bonds is 6. The van der Waals surface area contributed by atoms with Gasteiger partial charge in [0.25, 0.3) is 0 Å². The summed E-state index contributed by atoms with van der Waals surface area (Å²) in [5.41, 5.74) is 3.55. The smallest absolute Gasteiger partial charge is 0.341 e. The molecule has 1 aliphatic rings. The molecule has 2 aromatic carbocycles. The molecule has 0 unspecified atom stereocenters. The van der Waals surface area contributed by atoms with Gasteiger partial charge in [-0.1, -0.05) is 51.1 Å². The summed E-state index contributed by atoms with van der Waals surface area (Å²) in [6, 6.07) is 15.5. The summed E-state index contributed by atoms with van der Waals surface area (Å²) < 4.78 is 5.13. The van der Waals surface area contributed by atoms with Crippen molar-refractivity contribution in [3.05, 3.63) is 59.7 Å². The third kappa shape index (κ3) is 5.53. The Balaban J connectivity index is 1.55. The van der Waals surface area contributed by atoms with Crippen LogP contribution in [0.3, 0.4) is 0 Å². The van der Waals surface area contributed by atoms with Crippen LogP contribution in [0.15, 0.2) is 48.5 Å². The first-order valence-corrected chi connectivity index (χ1v) is 10.3. The molecule has 1 fully saturated rings. The van der Waals surface area contributed by atoms with Crippen molar-refractivity contribution in [2.45, 2.75) is 32.6 Å². The lowest BCUT2D eigenvalue weighted by Gasteiger charge is -2.38. The number of amides is 1. The zero-order valence-corrected chi connectivity index (χ0v) is 17.9. The predicted molar refractivity (Wildman–Crippen MR) is 117 cm³/mol. The van der Waals surface area contributed by atoms with Crippen LogP contribution in [-0.2, 0) is 21.4 Å². The molecule has 6 nitrogen and oxygen atoms in total. The summed E-state index contributed by atoms with van der Waals surface area (Å²) >= 11 is 0. The number of carboxylic acids is 1. The topological polar surface area (TPSA) is 70.1 Å². The van der Waals surface area contributed by atoms with Crippen LogP contribution in [0, 0.1) is 0 Å². The number of hydrogen-bond donors (Lipinski definition) is 1. The van der Waals surface area contributed by atoms with Gasteiger partial charge in [0.05, 0.1) is 6.42 Å². The van der Waals surface area contributed by atoms with Crippen LogP contribution in [0.5, 0.6) is 5.75 Å². The van der Waals surface area contributed by atoms with E-state index in [2.05, 4.69) is 49.9 Å². The minimum absolute atomic E-state index is 0.0733. The van der Waals surface area contributed by atoms with Crippen molar-refractivity contribution in [3.63, 3.8) is 0 Å². The van der Waals surface area contributed by atoms with E-state index in [1.165, 1.54) is 11.3 Å². The van der Waals surface area contributed by atoms with E-state index in [-0.39, 0.29) is 17.9 Å². The maximum absolute atomic E-state index is 12.7. The average Bonchev–Trinajstić information content (AvgIpc) is 2.72. The molecule has 1 heterocycles. The van der Waals surface area contributed by atoms with Gasteiger partial charge in [0.15, 0.2) is 6.61 Å². The third-order valence-corrected chi connectivity index (χ3v) is 5.33. The Bertz CT molecular complexity index is 879. The Labute approximate surface area is 178 Å². The highest BCUT2D eigenvalue weighted by atomic mass is 16.5. The molecule has 0 saturated carbocycles. The third-order valence-electron chi connectivity index (χ3n) is 5.33. The quantitative estimate of drug-likeness (QED) is 0.791. The van der Waals surface area contributed by atoms with Crippen LogP contribution in [0.1, 0.15) is 31.9 Å². The molecule has 0 aliphatic carbocycles. The first kappa shape index (κ1) is 21.7. The standard InChI is InChI=1S/C24H30N2O4/c1-24(2,3)20-6-4-5-7-21(20)25-12-14-26(15-13-25)22(27)16-18-8-10-19(11-9-18)30-17-23(28)29/h4-11H,12-17H2,1-3H3,(H,28,29). The minimum atomic E-state index is -1.02. The molecule has 0 bridgehead atoms. The number of hydrogen-bond acceptors (Lipinski definition) is 4. The lowest BCUT2D eigenvalue weighted by molar-refractivity contribution is -0.139. The van der Waals surface area contributed by atoms with Crippen LogP contribution in [0.2, 0.25) is 0 Å². The van der Waals surface area contributed by atoms with E-state index in [0.29, 0.717) is 25.3 Å². The number of carbonyl (C=O) groups is 2. The van der Waals surface area contributed by atoms with E-state index in [1.54, 1.807) is 12.1 Å². The fraction of sp³-hybridized carbons (Fsp3) is 0.417. The maximum Gasteiger partial charge on any atom is 0.341 e. The highest BCUT2D eigenvalue weighted by Crippen LogP contribution is 2.32. The van der Waals surface area contributed by atoms with Crippen LogP contribution >= 0.6 is 0 Å². The average molecular weight is 411 g/mol. The Kier molecular flexibility index (Phi) is 6.65. The highest BCUT2D eigenvalue weighted by molar-refractivity contribution is 5.79. The summed E-state index contributed by atoms with van der Waals surface area (Å²) in [4.78, 5) is 27.6. The molecule has 1 amide bonds. The number of aliphatic carboxylic acids is 1. The van der Waals surface area contributed by atoms with Crippen molar-refractivity contribution in [1.82, 2.24) is 4.90 Å². The minimum Gasteiger partial charge on any atom is -0.482 e. The second-order valence-electron chi connectivity index (χ2n) is 8.64. The van der Waals surface area contributed by atoms with Crippen LogP contribution in [-0.4, -0.2) is 54.7 Å². The molecule has 30 heavy (non-hydrogen) atoms. The first-order chi connectivity index (χ1) is 14.2. The normalized spacial score (nSPS) is 14.5. The fourth-order valence-electron chi connectivity index (χ4n) is 3.72. The Hall–Kier alpha value is -3.02. The monoisotopic (exact) mass is 410 g/mol. The summed E-state index contributed by atoms with van der Waals surface area (Å²) in [5, 5.41) is 8.66. The fourth-order valence-corrected chi connectivity index (χ4v) is 3.72. The second-order valence-corrected chi connectivity index (χ2v) is 8.64. The van der Waals surface area contributed by atoms with E-state index < -0.39 is 5.97 Å². The van der Waals surface area contributed by atoms with Crippen LogP contribution in [0.25, 0.3) is 0 Å². The Morgan fingerprint density at radius 2 is 1.60 bits per heavy atom. The molecular formula is C24H30N2O4. The summed E-state index contributed by atoms with van der Waals surface area (Å²) in [7, 11) is 0. The van der Waals surface area contributed by atoms with Gasteiger partial charge in [-0.25, -0.2) is 4.79 Å². The number of piperazine rings is 1. The van der Waals surface area contributed by atoms with Crippen LogP contribution < -0.4 is 9.64 Å². The van der Waals surface area contributed by atoms with Gasteiger partial charge in [-0.3, -0.25) is 4.79 Å². The van der Waals surface area contributed by atoms with Crippen molar-refractivity contribution in [2.75, 3.05) is 37.7 Å². The van der Waals surface area contributed by atoms with Crippen molar-refractivity contribution in [3.8, 4) is 5.75 Å². The molecule has 0 aromatic heterocycles. The summed E-state index contributed by atoms with van der Waals surface area (Å²) in [5.74, 6) is -0.420. The molecule has 1 aliphatic heterocycles. The van der Waals surface area contributed by atoms with E-state index in [4.69, 9.17) is 9.84 Å². The number of anilines is 1. The lowest BCUT2D eigenvalue weighted by Crippen LogP contribution is -2.49. The maximum atomic E-state index is 12.7. The zero-order chi connectivity index (χ0) is 21.7. The van der Waals surface area contributed by atoms with Crippen molar-refractivity contribution in [2.24, 2.45) is 0 Å². The van der Waals surface area contributed by atoms with E-state index in [1.807, 2.05) is 17.0 Å². The number of nitrogens with zero attached hydrogens (tertiary/aromatic N) is 2. The number of benzene rings is 2. The molecule has 3 rings (SSSR count). The highest BCUT2D eigenvalue weighted by Gasteiger charge is 2.25. The van der Waals surface area contributed by atoms with Gasteiger partial charge in [-0.15, -0.1) is 0 Å². The van der Waals surface area contributed by atoms with Crippen LogP contribution in [0.4, 0.5) is 5.69 Å². The zero-order valence-electron chi connectivity index (χ0n) is 17.9. The summed E-state index contributed by atoms with van der Waals surface area (Å²) in [6.07, 6.45) is 0.331.